The number of nitrogens with zero attached hydrogens (tertiary/aromatic N) is 1. The molecule has 1 N–H and O–H groups in total. The molecule has 0 radical (unpaired) electrons. The van der Waals surface area contributed by atoms with E-state index in [0.717, 1.165) is 0 Å². The first-order valence-corrected chi connectivity index (χ1v) is 5.89. The van der Waals surface area contributed by atoms with Crippen LogP contribution in [0.15, 0.2) is 12.4 Å². The Balaban J connectivity index is 2.19. The molecule has 1 aliphatic carbocycles. The van der Waals surface area contributed by atoms with Gasteiger partial charge in [0, 0.05) is 12.2 Å². The zero-order valence-electron chi connectivity index (χ0n) is 9.88. The third-order valence-electron chi connectivity index (χ3n) is 3.34. The van der Waals surface area contributed by atoms with Crippen molar-refractivity contribution in [3.05, 3.63) is 23.5 Å². The fourth-order valence-corrected chi connectivity index (χ4v) is 2.04. The monoisotopic (exact) mass is 204 g/mol. The molecular formula is C13H20N2. The van der Waals surface area contributed by atoms with Crippen molar-refractivity contribution in [2.75, 3.05) is 5.32 Å². The highest BCUT2D eigenvalue weighted by atomic mass is 14.9. The highest BCUT2D eigenvalue weighted by Gasteiger charge is 2.18. The molecule has 0 spiro atoms. The van der Waals surface area contributed by atoms with Crippen LogP contribution in [-0.4, -0.2) is 11.0 Å². The predicted molar refractivity (Wildman–Crippen MR) is 64.3 cm³/mol. The van der Waals surface area contributed by atoms with Crippen LogP contribution in [0.5, 0.6) is 0 Å². The first kappa shape index (κ1) is 10.5. The van der Waals surface area contributed by atoms with Crippen LogP contribution in [0.1, 0.15) is 50.2 Å². The van der Waals surface area contributed by atoms with Crippen LogP contribution in [0.2, 0.25) is 0 Å². The van der Waals surface area contributed by atoms with Crippen molar-refractivity contribution in [1.29, 1.82) is 0 Å². The third kappa shape index (κ3) is 2.14. The Hall–Kier alpha value is -1.05. The molecule has 2 rings (SSSR count). The van der Waals surface area contributed by atoms with E-state index in [2.05, 4.69) is 31.1 Å². The molecular weight excluding hydrogens is 184 g/mol. The fourth-order valence-electron chi connectivity index (χ4n) is 2.04. The summed E-state index contributed by atoms with van der Waals surface area (Å²) in [4.78, 5) is 4.32. The van der Waals surface area contributed by atoms with E-state index in [9.17, 15) is 0 Å². The first-order valence-electron chi connectivity index (χ1n) is 5.89. The SMILES string of the molecule is Cc1c(NC2CCC2)cncc1C(C)C. The van der Waals surface area contributed by atoms with E-state index < -0.39 is 0 Å². The lowest BCUT2D eigenvalue weighted by Crippen LogP contribution is -2.27. The summed E-state index contributed by atoms with van der Waals surface area (Å²) in [5.74, 6) is 0.556. The summed E-state index contributed by atoms with van der Waals surface area (Å²) < 4.78 is 0. The normalized spacial score (nSPS) is 16.5. The molecule has 2 nitrogen and oxygen atoms in total. The molecule has 0 bridgehead atoms. The van der Waals surface area contributed by atoms with E-state index >= 15 is 0 Å². The van der Waals surface area contributed by atoms with Crippen LogP contribution in [-0.2, 0) is 0 Å². The van der Waals surface area contributed by atoms with Gasteiger partial charge in [0.25, 0.3) is 0 Å². The first-order chi connectivity index (χ1) is 7.18. The molecule has 0 amide bonds. The Kier molecular flexibility index (Phi) is 2.94. The zero-order chi connectivity index (χ0) is 10.8. The van der Waals surface area contributed by atoms with Gasteiger partial charge in [0.1, 0.15) is 0 Å². The summed E-state index contributed by atoms with van der Waals surface area (Å²) in [5, 5.41) is 3.58. The number of hydrogen-bond donors (Lipinski definition) is 1. The summed E-state index contributed by atoms with van der Waals surface area (Å²) in [7, 11) is 0. The van der Waals surface area contributed by atoms with Crippen LogP contribution in [0, 0.1) is 6.92 Å². The highest BCUT2D eigenvalue weighted by molar-refractivity contribution is 5.53. The number of rotatable bonds is 3. The van der Waals surface area contributed by atoms with Gasteiger partial charge < -0.3 is 5.32 Å². The van der Waals surface area contributed by atoms with Crippen molar-refractivity contribution in [2.45, 2.75) is 52.0 Å². The lowest BCUT2D eigenvalue weighted by atomic mass is 9.92. The standard InChI is InChI=1S/C13H20N2/c1-9(2)12-7-14-8-13(10(12)3)15-11-5-4-6-11/h7-9,11,15H,4-6H2,1-3H3. The largest absolute Gasteiger partial charge is 0.381 e. The lowest BCUT2D eigenvalue weighted by molar-refractivity contribution is 0.445. The van der Waals surface area contributed by atoms with Crippen molar-refractivity contribution < 1.29 is 0 Å². The Morgan fingerprint density at radius 3 is 2.60 bits per heavy atom. The van der Waals surface area contributed by atoms with Gasteiger partial charge in [-0.05, 0) is 43.2 Å². The van der Waals surface area contributed by atoms with E-state index in [1.807, 2.05) is 12.4 Å². The molecule has 0 aromatic carbocycles. The zero-order valence-corrected chi connectivity index (χ0v) is 9.88. The molecule has 0 saturated heterocycles. The number of nitrogens with one attached hydrogen (secondary N) is 1. The van der Waals surface area contributed by atoms with Crippen molar-refractivity contribution in [3.8, 4) is 0 Å². The molecule has 82 valence electrons. The molecule has 1 saturated carbocycles. The second-order valence-corrected chi connectivity index (χ2v) is 4.83. The van der Waals surface area contributed by atoms with Crippen LogP contribution >= 0.6 is 0 Å². The topological polar surface area (TPSA) is 24.9 Å². The molecule has 1 aromatic heterocycles. The van der Waals surface area contributed by atoms with E-state index in [-0.39, 0.29) is 0 Å². The van der Waals surface area contributed by atoms with Gasteiger partial charge >= 0.3 is 0 Å². The summed E-state index contributed by atoms with van der Waals surface area (Å²) in [6.45, 7) is 6.63. The van der Waals surface area contributed by atoms with Gasteiger partial charge in [-0.3, -0.25) is 4.98 Å². The molecule has 2 heteroatoms. The number of anilines is 1. The minimum atomic E-state index is 0.556. The smallest absolute Gasteiger partial charge is 0.0561 e. The van der Waals surface area contributed by atoms with Gasteiger partial charge in [-0.2, -0.15) is 0 Å². The second kappa shape index (κ2) is 4.21. The minimum Gasteiger partial charge on any atom is -0.381 e. The highest BCUT2D eigenvalue weighted by Crippen LogP contribution is 2.28. The average Bonchev–Trinajstić information content (AvgIpc) is 2.13. The van der Waals surface area contributed by atoms with Crippen LogP contribution in [0.25, 0.3) is 0 Å². The van der Waals surface area contributed by atoms with Crippen LogP contribution in [0.3, 0.4) is 0 Å². The van der Waals surface area contributed by atoms with E-state index in [4.69, 9.17) is 0 Å². The maximum absolute atomic E-state index is 4.32. The van der Waals surface area contributed by atoms with Gasteiger partial charge in [-0.25, -0.2) is 0 Å². The summed E-state index contributed by atoms with van der Waals surface area (Å²) in [6.07, 6.45) is 7.94. The van der Waals surface area contributed by atoms with Crippen molar-refractivity contribution >= 4 is 5.69 Å². The molecule has 15 heavy (non-hydrogen) atoms. The molecule has 1 heterocycles. The van der Waals surface area contributed by atoms with Gasteiger partial charge in [0.15, 0.2) is 0 Å². The molecule has 0 aliphatic heterocycles. The molecule has 0 atom stereocenters. The summed E-state index contributed by atoms with van der Waals surface area (Å²) >= 11 is 0. The van der Waals surface area contributed by atoms with Crippen LogP contribution < -0.4 is 5.32 Å². The minimum absolute atomic E-state index is 0.556. The predicted octanol–water partition coefficient (Wildman–Crippen LogP) is 3.48. The number of pyridine rings is 1. The maximum atomic E-state index is 4.32. The van der Waals surface area contributed by atoms with Crippen LogP contribution in [0.4, 0.5) is 5.69 Å². The molecule has 1 aliphatic rings. The Morgan fingerprint density at radius 1 is 1.33 bits per heavy atom. The average molecular weight is 204 g/mol. The maximum Gasteiger partial charge on any atom is 0.0561 e. The number of aromatic nitrogens is 1. The summed E-state index contributed by atoms with van der Waals surface area (Å²) in [5.41, 5.74) is 3.96. The third-order valence-corrected chi connectivity index (χ3v) is 3.34. The Morgan fingerprint density at radius 2 is 2.07 bits per heavy atom. The molecule has 1 aromatic rings. The van der Waals surface area contributed by atoms with Gasteiger partial charge in [0.05, 0.1) is 11.9 Å². The van der Waals surface area contributed by atoms with Crippen molar-refractivity contribution in [1.82, 2.24) is 4.98 Å². The van der Waals surface area contributed by atoms with E-state index in [1.165, 1.54) is 36.1 Å². The molecule has 0 unspecified atom stereocenters. The van der Waals surface area contributed by atoms with E-state index in [0.29, 0.717) is 12.0 Å². The molecule has 1 fully saturated rings. The quantitative estimate of drug-likeness (QED) is 0.815. The fraction of sp³-hybridized carbons (Fsp3) is 0.615. The summed E-state index contributed by atoms with van der Waals surface area (Å²) in [6, 6.07) is 0.688. The Labute approximate surface area is 92.1 Å². The van der Waals surface area contributed by atoms with Gasteiger partial charge in [-0.15, -0.1) is 0 Å². The van der Waals surface area contributed by atoms with E-state index in [1.54, 1.807) is 0 Å². The number of hydrogen-bond acceptors (Lipinski definition) is 2. The van der Waals surface area contributed by atoms with Gasteiger partial charge in [-0.1, -0.05) is 13.8 Å². The second-order valence-electron chi connectivity index (χ2n) is 4.83. The lowest BCUT2D eigenvalue weighted by Gasteiger charge is -2.28. The van der Waals surface area contributed by atoms with Crippen molar-refractivity contribution in [2.24, 2.45) is 0 Å². The van der Waals surface area contributed by atoms with Crippen molar-refractivity contribution in [3.63, 3.8) is 0 Å². The van der Waals surface area contributed by atoms with Gasteiger partial charge in [0.2, 0.25) is 0 Å². The Bertz CT molecular complexity index is 340.